The smallest absolute Gasteiger partial charge is 0.378 e. The lowest BCUT2D eigenvalue weighted by Crippen LogP contribution is -2.13. The van der Waals surface area contributed by atoms with Crippen molar-refractivity contribution in [3.63, 3.8) is 0 Å². The second-order valence-corrected chi connectivity index (χ2v) is 3.41. The number of carbonyl (C=O) groups is 1. The summed E-state index contributed by atoms with van der Waals surface area (Å²) in [4.78, 5) is 11.6. The van der Waals surface area contributed by atoms with Crippen molar-refractivity contribution in [2.75, 3.05) is 6.61 Å². The number of rotatable bonds is 3. The Kier molecular flexibility index (Phi) is 3.47. The summed E-state index contributed by atoms with van der Waals surface area (Å²) in [5, 5.41) is 19.3. The fourth-order valence-electron chi connectivity index (χ4n) is 1.41. The number of halogens is 1. The summed E-state index contributed by atoms with van der Waals surface area (Å²) in [5.74, 6) is -1.50. The topological polar surface area (TPSA) is 93.7 Å². The van der Waals surface area contributed by atoms with Crippen molar-refractivity contribution in [3.8, 4) is 11.8 Å². The molecule has 0 fully saturated rings. The first-order chi connectivity index (χ1) is 9.17. The molecule has 0 atom stereocenters. The predicted octanol–water partition coefficient (Wildman–Crippen LogP) is 0.850. The van der Waals surface area contributed by atoms with Gasteiger partial charge in [-0.3, -0.25) is 0 Å². The molecule has 0 amide bonds. The molecule has 1 aromatic heterocycles. The molecular formula is C11H8FN5O2. The third-order valence-electron chi connectivity index (χ3n) is 2.24. The van der Waals surface area contributed by atoms with Gasteiger partial charge in [0.1, 0.15) is 11.9 Å². The lowest BCUT2D eigenvalue weighted by molar-refractivity contribution is 0.0508. The summed E-state index contributed by atoms with van der Waals surface area (Å²) in [6.07, 6.45) is 0. The fourth-order valence-corrected chi connectivity index (χ4v) is 1.41. The average Bonchev–Trinajstić information content (AvgIpc) is 2.89. The molecule has 1 aromatic carbocycles. The second kappa shape index (κ2) is 5.22. The molecule has 2 aromatic rings. The fraction of sp³-hybridized carbons (Fsp3) is 0.182. The number of benzene rings is 1. The number of aromatic nitrogens is 4. The molecule has 96 valence electrons. The van der Waals surface area contributed by atoms with E-state index in [0.29, 0.717) is 5.69 Å². The van der Waals surface area contributed by atoms with Gasteiger partial charge in [-0.1, -0.05) is 0 Å². The molecule has 0 spiro atoms. The van der Waals surface area contributed by atoms with Gasteiger partial charge in [-0.15, -0.1) is 5.10 Å². The number of tetrazole rings is 1. The molecule has 7 nitrogen and oxygen atoms in total. The van der Waals surface area contributed by atoms with Gasteiger partial charge in [-0.2, -0.15) is 9.94 Å². The number of carbonyl (C=O) groups excluding carboxylic acids is 1. The van der Waals surface area contributed by atoms with Crippen LogP contribution in [0.5, 0.6) is 0 Å². The first kappa shape index (κ1) is 12.6. The highest BCUT2D eigenvalue weighted by Gasteiger charge is 2.18. The van der Waals surface area contributed by atoms with Crippen molar-refractivity contribution in [3.05, 3.63) is 35.4 Å². The van der Waals surface area contributed by atoms with Crippen molar-refractivity contribution >= 4 is 5.97 Å². The minimum Gasteiger partial charge on any atom is -0.460 e. The van der Waals surface area contributed by atoms with E-state index in [4.69, 9.17) is 10.00 Å². The first-order valence-electron chi connectivity index (χ1n) is 5.33. The SMILES string of the molecule is CCOC(=O)c1nnnn1-c1ccc(F)c(C#N)c1. The van der Waals surface area contributed by atoms with E-state index in [1.165, 1.54) is 12.1 Å². The van der Waals surface area contributed by atoms with Gasteiger partial charge < -0.3 is 4.74 Å². The number of ether oxygens (including phenoxy) is 1. The van der Waals surface area contributed by atoms with Crippen molar-refractivity contribution in [1.29, 1.82) is 5.26 Å². The van der Waals surface area contributed by atoms with Gasteiger partial charge in [-0.05, 0) is 35.5 Å². The van der Waals surface area contributed by atoms with Crippen LogP contribution in [0.3, 0.4) is 0 Å². The van der Waals surface area contributed by atoms with E-state index < -0.39 is 11.8 Å². The highest BCUT2D eigenvalue weighted by molar-refractivity contribution is 5.85. The molecule has 0 aliphatic carbocycles. The van der Waals surface area contributed by atoms with Crippen LogP contribution in [0.1, 0.15) is 23.1 Å². The molecule has 0 saturated carbocycles. The summed E-state index contributed by atoms with van der Waals surface area (Å²) in [6.45, 7) is 1.83. The second-order valence-electron chi connectivity index (χ2n) is 3.41. The molecule has 0 radical (unpaired) electrons. The lowest BCUT2D eigenvalue weighted by atomic mass is 10.2. The van der Waals surface area contributed by atoms with Gasteiger partial charge in [0.25, 0.3) is 5.82 Å². The Morgan fingerprint density at radius 3 is 3.05 bits per heavy atom. The van der Waals surface area contributed by atoms with Crippen molar-refractivity contribution in [2.45, 2.75) is 6.92 Å². The summed E-state index contributed by atoms with van der Waals surface area (Å²) in [7, 11) is 0. The highest BCUT2D eigenvalue weighted by Crippen LogP contribution is 2.14. The Labute approximate surface area is 107 Å². The van der Waals surface area contributed by atoms with E-state index in [1.54, 1.807) is 13.0 Å². The van der Waals surface area contributed by atoms with Gasteiger partial charge in [0.05, 0.1) is 17.9 Å². The minimum atomic E-state index is -0.699. The Balaban J connectivity index is 2.46. The van der Waals surface area contributed by atoms with E-state index in [9.17, 15) is 9.18 Å². The van der Waals surface area contributed by atoms with E-state index in [-0.39, 0.29) is 18.0 Å². The van der Waals surface area contributed by atoms with Crippen molar-refractivity contribution in [2.24, 2.45) is 0 Å². The Hall–Kier alpha value is -2.82. The van der Waals surface area contributed by atoms with Crippen LogP contribution >= 0.6 is 0 Å². The number of nitriles is 1. The molecule has 0 saturated heterocycles. The Morgan fingerprint density at radius 2 is 2.37 bits per heavy atom. The molecule has 8 heteroatoms. The number of esters is 1. The van der Waals surface area contributed by atoms with Gasteiger partial charge in [0, 0.05) is 0 Å². The van der Waals surface area contributed by atoms with Gasteiger partial charge >= 0.3 is 5.97 Å². The average molecular weight is 261 g/mol. The summed E-state index contributed by atoms with van der Waals surface area (Å²) >= 11 is 0. The predicted molar refractivity (Wildman–Crippen MR) is 59.8 cm³/mol. The summed E-state index contributed by atoms with van der Waals surface area (Å²) < 4.78 is 19.1. The molecular weight excluding hydrogens is 253 g/mol. The van der Waals surface area contributed by atoms with Gasteiger partial charge in [0.2, 0.25) is 0 Å². The molecule has 0 bridgehead atoms. The molecule has 19 heavy (non-hydrogen) atoms. The maximum atomic E-state index is 13.2. The van der Waals surface area contributed by atoms with Crippen molar-refractivity contribution < 1.29 is 13.9 Å². The lowest BCUT2D eigenvalue weighted by Gasteiger charge is -2.04. The number of nitrogens with zero attached hydrogens (tertiary/aromatic N) is 5. The zero-order valence-corrected chi connectivity index (χ0v) is 9.87. The summed E-state index contributed by atoms with van der Waals surface area (Å²) in [5.41, 5.74) is 0.133. The summed E-state index contributed by atoms with van der Waals surface area (Å²) in [6, 6.07) is 5.40. The van der Waals surface area contributed by atoms with E-state index in [2.05, 4.69) is 15.5 Å². The largest absolute Gasteiger partial charge is 0.460 e. The highest BCUT2D eigenvalue weighted by atomic mass is 19.1. The van der Waals surface area contributed by atoms with Crippen LogP contribution in [-0.2, 0) is 4.74 Å². The Bertz CT molecular complexity index is 661. The first-order valence-corrected chi connectivity index (χ1v) is 5.33. The molecule has 0 aliphatic rings. The van der Waals surface area contributed by atoms with Crippen LogP contribution in [-0.4, -0.2) is 32.8 Å². The number of hydrogen-bond donors (Lipinski definition) is 0. The van der Waals surface area contributed by atoms with Crippen LogP contribution < -0.4 is 0 Å². The zero-order valence-electron chi connectivity index (χ0n) is 9.87. The van der Waals surface area contributed by atoms with Crippen LogP contribution in [0.4, 0.5) is 4.39 Å². The van der Waals surface area contributed by atoms with Crippen LogP contribution in [0, 0.1) is 17.1 Å². The van der Waals surface area contributed by atoms with E-state index in [1.807, 2.05) is 0 Å². The normalized spacial score (nSPS) is 9.95. The van der Waals surface area contributed by atoms with E-state index in [0.717, 1.165) is 10.7 Å². The monoisotopic (exact) mass is 261 g/mol. The van der Waals surface area contributed by atoms with E-state index >= 15 is 0 Å². The third-order valence-corrected chi connectivity index (χ3v) is 2.24. The van der Waals surface area contributed by atoms with Crippen LogP contribution in [0.15, 0.2) is 18.2 Å². The molecule has 0 N–H and O–H groups in total. The number of hydrogen-bond acceptors (Lipinski definition) is 6. The minimum absolute atomic E-state index is 0.141. The van der Waals surface area contributed by atoms with Crippen LogP contribution in [0.25, 0.3) is 5.69 Å². The molecule has 0 unspecified atom stereocenters. The Morgan fingerprint density at radius 1 is 1.58 bits per heavy atom. The third kappa shape index (κ3) is 2.40. The van der Waals surface area contributed by atoms with Crippen molar-refractivity contribution in [1.82, 2.24) is 20.2 Å². The zero-order chi connectivity index (χ0) is 13.8. The maximum Gasteiger partial charge on any atom is 0.378 e. The van der Waals surface area contributed by atoms with Gasteiger partial charge in [0.15, 0.2) is 0 Å². The standard InChI is InChI=1S/C11H8FN5O2/c1-2-19-11(18)10-14-15-16-17(10)8-3-4-9(12)7(5-8)6-13/h3-5H,2H2,1H3. The molecule has 2 rings (SSSR count). The molecule has 1 heterocycles. The van der Waals surface area contributed by atoms with Crippen LogP contribution in [0.2, 0.25) is 0 Å². The maximum absolute atomic E-state index is 13.2. The molecule has 0 aliphatic heterocycles. The van der Waals surface area contributed by atoms with Gasteiger partial charge in [-0.25, -0.2) is 9.18 Å². The quantitative estimate of drug-likeness (QED) is 0.760.